The summed E-state index contributed by atoms with van der Waals surface area (Å²) in [6.45, 7) is -0.531. The van der Waals surface area contributed by atoms with Crippen molar-refractivity contribution in [3.8, 4) is 11.3 Å². The molecule has 2 amide bonds. The van der Waals surface area contributed by atoms with Crippen molar-refractivity contribution in [1.82, 2.24) is 19.5 Å². The van der Waals surface area contributed by atoms with Crippen LogP contribution in [0.1, 0.15) is 36.0 Å². The number of amides is 2. The quantitative estimate of drug-likeness (QED) is 0.652. The number of nitrogens with zero attached hydrogens (tertiary/aromatic N) is 4. The van der Waals surface area contributed by atoms with E-state index in [1.54, 1.807) is 42.5 Å². The predicted octanol–water partition coefficient (Wildman–Crippen LogP) is 4.14. The molecule has 1 saturated heterocycles. The van der Waals surface area contributed by atoms with Crippen LogP contribution in [0.4, 0.5) is 19.5 Å². The molecular formula is C21H21F2N5O3. The second kappa shape index (κ2) is 8.29. The van der Waals surface area contributed by atoms with Crippen LogP contribution in [-0.4, -0.2) is 55.6 Å². The molecule has 0 spiro atoms. The van der Waals surface area contributed by atoms with Gasteiger partial charge in [-0.3, -0.25) is 10.1 Å². The van der Waals surface area contributed by atoms with Gasteiger partial charge in [-0.05, 0) is 24.3 Å². The molecule has 3 heterocycles. The molecule has 3 aromatic rings. The lowest BCUT2D eigenvalue weighted by molar-refractivity contribution is 0.0120. The minimum atomic E-state index is -2.83. The Hall–Kier alpha value is -3.56. The average molecular weight is 429 g/mol. The molecule has 0 atom stereocenters. The number of nitrogens with one attached hydrogen (secondary N) is 1. The molecule has 162 valence electrons. The van der Waals surface area contributed by atoms with E-state index in [0.717, 1.165) is 4.90 Å². The Morgan fingerprint density at radius 2 is 1.77 bits per heavy atom. The molecule has 0 radical (unpaired) electrons. The molecule has 5 rings (SSSR count). The SMILES string of the molecule is C1CC1.O=C(O)Nc1nc2cccc(-c3ccc(C(=O)N4CCC(F)(F)C4)cc3)n2n1. The molecule has 8 nitrogen and oxygen atoms in total. The summed E-state index contributed by atoms with van der Waals surface area (Å²) in [5, 5.41) is 15.0. The number of alkyl halides is 2. The lowest BCUT2D eigenvalue weighted by Gasteiger charge is -2.16. The van der Waals surface area contributed by atoms with E-state index < -0.39 is 24.5 Å². The van der Waals surface area contributed by atoms with Gasteiger partial charge in [0.1, 0.15) is 0 Å². The number of hydrogen-bond donors (Lipinski definition) is 2. The number of halogens is 2. The van der Waals surface area contributed by atoms with Gasteiger partial charge in [-0.1, -0.05) is 37.5 Å². The molecule has 0 bridgehead atoms. The first kappa shape index (κ1) is 20.7. The molecule has 2 N–H and O–H groups in total. The minimum absolute atomic E-state index is 0.0329. The normalized spacial score (nSPS) is 16.5. The first-order chi connectivity index (χ1) is 14.8. The monoisotopic (exact) mass is 429 g/mol. The molecule has 2 aliphatic rings. The van der Waals surface area contributed by atoms with Gasteiger partial charge in [0.25, 0.3) is 17.8 Å². The zero-order valence-electron chi connectivity index (χ0n) is 16.6. The summed E-state index contributed by atoms with van der Waals surface area (Å²) < 4.78 is 28.1. The second-order valence-corrected chi connectivity index (χ2v) is 7.52. The van der Waals surface area contributed by atoms with E-state index in [9.17, 15) is 18.4 Å². The highest BCUT2D eigenvalue weighted by molar-refractivity contribution is 5.95. The van der Waals surface area contributed by atoms with Crippen molar-refractivity contribution in [2.45, 2.75) is 31.6 Å². The number of likely N-dealkylation sites (tertiary alicyclic amines) is 1. The van der Waals surface area contributed by atoms with Crippen LogP contribution >= 0.6 is 0 Å². The lowest BCUT2D eigenvalue weighted by atomic mass is 10.1. The van der Waals surface area contributed by atoms with E-state index in [1.165, 1.54) is 23.8 Å². The molecule has 1 aromatic carbocycles. The third-order valence-electron chi connectivity index (χ3n) is 4.82. The van der Waals surface area contributed by atoms with Gasteiger partial charge >= 0.3 is 6.09 Å². The highest BCUT2D eigenvalue weighted by atomic mass is 19.3. The van der Waals surface area contributed by atoms with E-state index in [4.69, 9.17) is 5.11 Å². The van der Waals surface area contributed by atoms with E-state index in [2.05, 4.69) is 15.4 Å². The summed E-state index contributed by atoms with van der Waals surface area (Å²) in [6.07, 6.45) is 2.91. The summed E-state index contributed by atoms with van der Waals surface area (Å²) in [7, 11) is 0. The molecule has 0 unspecified atom stereocenters. The zero-order valence-corrected chi connectivity index (χ0v) is 16.6. The standard InChI is InChI=1S/C18H15F2N5O3.C3H6/c19-18(20)8-9-24(10-18)15(26)12-6-4-11(5-7-12)13-2-1-3-14-21-16(22-17(27)28)23-25(13)14;1-2-3-1/h1-7H,8-10H2,(H,22,23)(H,27,28);1-3H2. The van der Waals surface area contributed by atoms with Crippen molar-refractivity contribution < 1.29 is 23.5 Å². The maximum atomic E-state index is 13.3. The van der Waals surface area contributed by atoms with Gasteiger partial charge in [0.2, 0.25) is 0 Å². The fourth-order valence-corrected chi connectivity index (χ4v) is 3.15. The van der Waals surface area contributed by atoms with Gasteiger partial charge < -0.3 is 10.0 Å². The Kier molecular flexibility index (Phi) is 5.53. The average Bonchev–Trinajstić information content (AvgIpc) is 3.49. The Balaban J connectivity index is 0.000000710. The van der Waals surface area contributed by atoms with Crippen LogP contribution < -0.4 is 5.32 Å². The van der Waals surface area contributed by atoms with Gasteiger partial charge in [0.05, 0.1) is 12.2 Å². The maximum Gasteiger partial charge on any atom is 0.411 e. The third kappa shape index (κ3) is 4.96. The number of carbonyl (C=O) groups is 2. The number of carboxylic acid groups (broad SMARTS) is 1. The molecular weight excluding hydrogens is 408 g/mol. The Labute approximate surface area is 176 Å². The van der Waals surface area contributed by atoms with E-state index >= 15 is 0 Å². The summed E-state index contributed by atoms with van der Waals surface area (Å²) in [6, 6.07) is 11.7. The number of pyridine rings is 1. The molecule has 2 aromatic heterocycles. The Morgan fingerprint density at radius 3 is 2.35 bits per heavy atom. The smallest absolute Gasteiger partial charge is 0.411 e. The number of anilines is 1. The number of rotatable bonds is 3. The fourth-order valence-electron chi connectivity index (χ4n) is 3.15. The predicted molar refractivity (Wildman–Crippen MR) is 109 cm³/mol. The van der Waals surface area contributed by atoms with Gasteiger partial charge in [-0.15, -0.1) is 5.10 Å². The second-order valence-electron chi connectivity index (χ2n) is 7.52. The number of hydrogen-bond acceptors (Lipinski definition) is 4. The largest absolute Gasteiger partial charge is 0.465 e. The minimum Gasteiger partial charge on any atom is -0.465 e. The van der Waals surface area contributed by atoms with Crippen LogP contribution in [0.3, 0.4) is 0 Å². The summed E-state index contributed by atoms with van der Waals surface area (Å²) in [5.41, 5.74) is 2.11. The molecule has 31 heavy (non-hydrogen) atoms. The van der Waals surface area contributed by atoms with Crippen LogP contribution in [0.25, 0.3) is 16.9 Å². The van der Waals surface area contributed by atoms with Gasteiger partial charge in [-0.25, -0.2) is 18.1 Å². The van der Waals surface area contributed by atoms with Crippen LogP contribution in [0.2, 0.25) is 0 Å². The van der Waals surface area contributed by atoms with E-state index in [-0.39, 0.29) is 18.9 Å². The first-order valence-electron chi connectivity index (χ1n) is 9.96. The van der Waals surface area contributed by atoms with Gasteiger partial charge in [-0.2, -0.15) is 4.98 Å². The van der Waals surface area contributed by atoms with Crippen molar-refractivity contribution in [3.63, 3.8) is 0 Å². The van der Waals surface area contributed by atoms with Crippen LogP contribution in [0.15, 0.2) is 42.5 Å². The molecule has 1 saturated carbocycles. The molecule has 2 fully saturated rings. The van der Waals surface area contributed by atoms with Gasteiger partial charge in [0, 0.05) is 24.1 Å². The summed E-state index contributed by atoms with van der Waals surface area (Å²) >= 11 is 0. The zero-order chi connectivity index (χ0) is 22.0. The molecule has 1 aliphatic heterocycles. The Morgan fingerprint density at radius 1 is 1.06 bits per heavy atom. The van der Waals surface area contributed by atoms with Crippen molar-refractivity contribution in [2.75, 3.05) is 18.4 Å². The van der Waals surface area contributed by atoms with Crippen LogP contribution in [0.5, 0.6) is 0 Å². The Bertz CT molecular complexity index is 1110. The highest BCUT2D eigenvalue weighted by Gasteiger charge is 2.40. The fraction of sp³-hybridized carbons (Fsp3) is 0.333. The van der Waals surface area contributed by atoms with Crippen molar-refractivity contribution >= 4 is 23.6 Å². The van der Waals surface area contributed by atoms with Crippen LogP contribution in [-0.2, 0) is 0 Å². The maximum absolute atomic E-state index is 13.3. The summed E-state index contributed by atoms with van der Waals surface area (Å²) in [5.74, 6) is -3.32. The van der Waals surface area contributed by atoms with Crippen molar-refractivity contribution in [2.24, 2.45) is 0 Å². The van der Waals surface area contributed by atoms with Crippen LogP contribution in [0, 0.1) is 0 Å². The van der Waals surface area contributed by atoms with Gasteiger partial charge in [0.15, 0.2) is 5.65 Å². The van der Waals surface area contributed by atoms with Crippen molar-refractivity contribution in [1.29, 1.82) is 0 Å². The topological polar surface area (TPSA) is 99.8 Å². The number of aromatic nitrogens is 3. The molecule has 1 aliphatic carbocycles. The highest BCUT2D eigenvalue weighted by Crippen LogP contribution is 2.28. The van der Waals surface area contributed by atoms with E-state index in [0.29, 0.717) is 22.5 Å². The number of fused-ring (bicyclic) bond motifs is 1. The van der Waals surface area contributed by atoms with Crippen molar-refractivity contribution in [3.05, 3.63) is 48.0 Å². The first-order valence-corrected chi connectivity index (χ1v) is 9.96. The van der Waals surface area contributed by atoms with E-state index in [1.807, 2.05) is 0 Å². The third-order valence-corrected chi connectivity index (χ3v) is 4.82. The lowest BCUT2D eigenvalue weighted by Crippen LogP contribution is -2.31. The number of benzene rings is 1. The number of carbonyl (C=O) groups excluding carboxylic acids is 1. The molecule has 10 heteroatoms. The summed E-state index contributed by atoms with van der Waals surface area (Å²) in [4.78, 5) is 28.4.